The standard InChI is InChI=1S/C28H34N6O/c1-3-32(4-2)22-14-15-33(18-22)27(35)24-17-30-34(26(24)20-12-13-20)28-29-16-21-10-7-9-19-8-5-6-11-23(19)25(21)31-28/h5-6,8,11,16-17,20,22H,3-4,7,9-10,12-15,18H2,1-2H3/t22-/m1/s1. The molecule has 3 aliphatic rings. The molecule has 1 aliphatic heterocycles. The molecule has 3 aromatic rings. The average Bonchev–Trinajstić information content (AvgIpc) is 3.50. The van der Waals surface area contributed by atoms with Gasteiger partial charge < -0.3 is 4.90 Å². The van der Waals surface area contributed by atoms with Gasteiger partial charge in [0.2, 0.25) is 0 Å². The molecule has 0 unspecified atom stereocenters. The van der Waals surface area contributed by atoms with Gasteiger partial charge in [0.15, 0.2) is 0 Å². The maximum Gasteiger partial charge on any atom is 0.257 e. The number of carbonyl (C=O) groups excluding carboxylic acids is 1. The summed E-state index contributed by atoms with van der Waals surface area (Å²) < 4.78 is 1.84. The van der Waals surface area contributed by atoms with Gasteiger partial charge in [-0.05, 0) is 62.7 Å². The molecule has 2 aliphatic carbocycles. The van der Waals surface area contributed by atoms with Gasteiger partial charge in [-0.2, -0.15) is 5.10 Å². The largest absolute Gasteiger partial charge is 0.337 e. The predicted octanol–water partition coefficient (Wildman–Crippen LogP) is 4.25. The number of likely N-dealkylation sites (N-methyl/N-ethyl adjacent to an activating group) is 1. The number of fused-ring (bicyclic) bond motifs is 3. The molecule has 1 amide bonds. The Morgan fingerprint density at radius 3 is 2.66 bits per heavy atom. The number of likely N-dealkylation sites (tertiary alicyclic amines) is 1. The Balaban J connectivity index is 1.34. The third-order valence-corrected chi connectivity index (χ3v) is 7.99. The highest BCUT2D eigenvalue weighted by Crippen LogP contribution is 2.43. The van der Waals surface area contributed by atoms with Crippen molar-refractivity contribution in [1.29, 1.82) is 0 Å². The molecule has 1 atom stereocenters. The molecule has 0 spiro atoms. The number of hydrogen-bond donors (Lipinski definition) is 0. The van der Waals surface area contributed by atoms with Crippen LogP contribution in [0, 0.1) is 0 Å². The second kappa shape index (κ2) is 9.19. The van der Waals surface area contributed by atoms with E-state index in [0.29, 0.717) is 17.9 Å². The van der Waals surface area contributed by atoms with Gasteiger partial charge in [-0.1, -0.05) is 38.1 Å². The molecule has 182 valence electrons. The number of hydrogen-bond acceptors (Lipinski definition) is 5. The number of amides is 1. The Kier molecular flexibility index (Phi) is 5.88. The van der Waals surface area contributed by atoms with Gasteiger partial charge in [-0.25, -0.2) is 14.6 Å². The van der Waals surface area contributed by atoms with Gasteiger partial charge in [0.25, 0.3) is 11.9 Å². The summed E-state index contributed by atoms with van der Waals surface area (Å²) in [6.07, 6.45) is 10.1. The van der Waals surface area contributed by atoms with Crippen LogP contribution in [0.5, 0.6) is 0 Å². The highest BCUT2D eigenvalue weighted by atomic mass is 16.2. The zero-order valence-electron chi connectivity index (χ0n) is 20.8. The number of nitrogens with zero attached hydrogens (tertiary/aromatic N) is 6. The van der Waals surface area contributed by atoms with Gasteiger partial charge in [-0.3, -0.25) is 9.69 Å². The van der Waals surface area contributed by atoms with E-state index in [1.54, 1.807) is 6.20 Å². The third-order valence-electron chi connectivity index (χ3n) is 7.99. The van der Waals surface area contributed by atoms with Crippen LogP contribution in [0.25, 0.3) is 17.2 Å². The van der Waals surface area contributed by atoms with Crippen molar-refractivity contribution in [2.24, 2.45) is 0 Å². The Hall–Kier alpha value is -3.06. The van der Waals surface area contributed by atoms with Crippen LogP contribution in [0.4, 0.5) is 0 Å². The molecule has 0 bridgehead atoms. The number of aryl methyl sites for hydroxylation is 2. The van der Waals surface area contributed by atoms with Crippen LogP contribution >= 0.6 is 0 Å². The van der Waals surface area contributed by atoms with E-state index in [-0.39, 0.29) is 5.91 Å². The second-order valence-corrected chi connectivity index (χ2v) is 10.1. The van der Waals surface area contributed by atoms with Gasteiger partial charge in [0, 0.05) is 36.8 Å². The van der Waals surface area contributed by atoms with Crippen LogP contribution < -0.4 is 0 Å². The van der Waals surface area contributed by atoms with E-state index >= 15 is 0 Å². The third kappa shape index (κ3) is 4.05. The van der Waals surface area contributed by atoms with Crippen molar-refractivity contribution in [1.82, 2.24) is 29.5 Å². The molecule has 1 saturated carbocycles. The number of carbonyl (C=O) groups is 1. The highest BCUT2D eigenvalue weighted by molar-refractivity contribution is 5.95. The molecule has 0 radical (unpaired) electrons. The Morgan fingerprint density at radius 2 is 1.86 bits per heavy atom. The number of rotatable bonds is 6. The van der Waals surface area contributed by atoms with E-state index in [2.05, 4.69) is 48.1 Å². The lowest BCUT2D eigenvalue weighted by molar-refractivity contribution is 0.0776. The van der Waals surface area contributed by atoms with Crippen LogP contribution in [0.2, 0.25) is 0 Å². The smallest absolute Gasteiger partial charge is 0.257 e. The summed E-state index contributed by atoms with van der Waals surface area (Å²) >= 11 is 0. The number of benzene rings is 1. The molecule has 0 N–H and O–H groups in total. The zero-order valence-corrected chi connectivity index (χ0v) is 20.8. The molecule has 7 nitrogen and oxygen atoms in total. The fourth-order valence-corrected chi connectivity index (χ4v) is 5.92. The summed E-state index contributed by atoms with van der Waals surface area (Å²) in [5.41, 5.74) is 6.45. The lowest BCUT2D eigenvalue weighted by Gasteiger charge is -2.26. The highest BCUT2D eigenvalue weighted by Gasteiger charge is 2.37. The predicted molar refractivity (Wildman–Crippen MR) is 136 cm³/mol. The van der Waals surface area contributed by atoms with Crippen LogP contribution in [-0.4, -0.2) is 67.7 Å². The fraction of sp³-hybridized carbons (Fsp3) is 0.500. The average molecular weight is 471 g/mol. The van der Waals surface area contributed by atoms with Gasteiger partial charge in [0.05, 0.1) is 23.1 Å². The maximum absolute atomic E-state index is 13.6. The van der Waals surface area contributed by atoms with Crippen molar-refractivity contribution >= 4 is 5.91 Å². The molecule has 2 fully saturated rings. The van der Waals surface area contributed by atoms with Crippen LogP contribution in [-0.2, 0) is 12.8 Å². The Morgan fingerprint density at radius 1 is 1.06 bits per heavy atom. The van der Waals surface area contributed by atoms with Crippen LogP contribution in [0.15, 0.2) is 36.7 Å². The zero-order chi connectivity index (χ0) is 23.9. The minimum Gasteiger partial charge on any atom is -0.337 e. The topological polar surface area (TPSA) is 67.2 Å². The maximum atomic E-state index is 13.6. The molecule has 3 heterocycles. The molecular formula is C28H34N6O. The first kappa shape index (κ1) is 22.4. The minimum absolute atomic E-state index is 0.105. The van der Waals surface area contributed by atoms with Crippen molar-refractivity contribution in [3.05, 3.63) is 59.0 Å². The minimum atomic E-state index is 0.105. The molecular weight excluding hydrogens is 436 g/mol. The van der Waals surface area contributed by atoms with E-state index in [1.165, 1.54) is 16.7 Å². The first-order valence-corrected chi connectivity index (χ1v) is 13.2. The summed E-state index contributed by atoms with van der Waals surface area (Å²) in [4.78, 5) is 27.9. The lowest BCUT2D eigenvalue weighted by Crippen LogP contribution is -2.38. The summed E-state index contributed by atoms with van der Waals surface area (Å²) in [5, 5.41) is 4.69. The lowest BCUT2D eigenvalue weighted by atomic mass is 10.0. The SMILES string of the molecule is CCN(CC)[C@@H]1CCN(C(=O)c2cnn(-c3ncc4c(n3)-c3ccccc3CCC4)c2C2CC2)C1. The number of aromatic nitrogens is 4. The van der Waals surface area contributed by atoms with Gasteiger partial charge >= 0.3 is 0 Å². The molecule has 1 aromatic carbocycles. The first-order valence-electron chi connectivity index (χ1n) is 13.2. The van der Waals surface area contributed by atoms with Crippen molar-refractivity contribution in [3.8, 4) is 17.2 Å². The molecule has 1 saturated heterocycles. The van der Waals surface area contributed by atoms with E-state index in [1.807, 2.05) is 15.8 Å². The summed E-state index contributed by atoms with van der Waals surface area (Å²) in [7, 11) is 0. The Labute approximate surface area is 207 Å². The van der Waals surface area contributed by atoms with Gasteiger partial charge in [-0.15, -0.1) is 0 Å². The van der Waals surface area contributed by atoms with E-state index in [4.69, 9.17) is 9.97 Å². The molecule has 35 heavy (non-hydrogen) atoms. The van der Waals surface area contributed by atoms with Crippen molar-refractivity contribution in [3.63, 3.8) is 0 Å². The fourth-order valence-electron chi connectivity index (χ4n) is 5.92. The molecule has 2 aromatic heterocycles. The van der Waals surface area contributed by atoms with E-state index in [0.717, 1.165) is 81.7 Å². The first-order chi connectivity index (χ1) is 17.2. The van der Waals surface area contributed by atoms with Gasteiger partial charge in [0.1, 0.15) is 0 Å². The van der Waals surface area contributed by atoms with E-state index in [9.17, 15) is 4.79 Å². The normalized spacial score (nSPS) is 19.5. The van der Waals surface area contributed by atoms with E-state index < -0.39 is 0 Å². The van der Waals surface area contributed by atoms with Crippen LogP contribution in [0.1, 0.15) is 72.6 Å². The van der Waals surface area contributed by atoms with Crippen molar-refractivity contribution in [2.75, 3.05) is 26.2 Å². The molecule has 6 rings (SSSR count). The second-order valence-electron chi connectivity index (χ2n) is 10.1. The van der Waals surface area contributed by atoms with Crippen molar-refractivity contribution in [2.45, 2.75) is 64.3 Å². The molecule has 7 heteroatoms. The summed E-state index contributed by atoms with van der Waals surface area (Å²) in [6, 6.07) is 8.99. The quantitative estimate of drug-likeness (QED) is 0.539. The van der Waals surface area contributed by atoms with Crippen LogP contribution in [0.3, 0.4) is 0 Å². The monoisotopic (exact) mass is 470 g/mol. The summed E-state index contributed by atoms with van der Waals surface area (Å²) in [6.45, 7) is 8.04. The van der Waals surface area contributed by atoms with Crippen molar-refractivity contribution < 1.29 is 4.79 Å². The summed E-state index contributed by atoms with van der Waals surface area (Å²) in [5.74, 6) is 1.03. The Bertz CT molecular complexity index is 1240.